The van der Waals surface area contributed by atoms with E-state index in [4.69, 9.17) is 5.11 Å². The molecule has 1 atom stereocenters. The van der Waals surface area contributed by atoms with Gasteiger partial charge in [0.25, 0.3) is 0 Å². The van der Waals surface area contributed by atoms with Gasteiger partial charge in [-0.15, -0.1) is 0 Å². The number of sulfonamides is 1. The summed E-state index contributed by atoms with van der Waals surface area (Å²) in [6.45, 7) is 2.32. The summed E-state index contributed by atoms with van der Waals surface area (Å²) in [5.74, 6) is -0.223. The van der Waals surface area contributed by atoms with Crippen LogP contribution in [-0.2, 0) is 10.0 Å². The van der Waals surface area contributed by atoms with Gasteiger partial charge in [-0.05, 0) is 34.0 Å². The molecule has 0 aliphatic carbocycles. The van der Waals surface area contributed by atoms with Gasteiger partial charge >= 0.3 is 0 Å². The normalized spacial score (nSPS) is 14.6. The number of rotatable bonds is 7. The van der Waals surface area contributed by atoms with E-state index in [-0.39, 0.29) is 18.4 Å². The molecular weight excluding hydrogens is 204 g/mol. The SMILES string of the molecule is CC(CCN(C)C)NS(=O)(=O)CCO. The molecule has 0 aromatic carbocycles. The topological polar surface area (TPSA) is 69.6 Å². The Bertz CT molecular complexity index is 239. The van der Waals surface area contributed by atoms with Crippen LogP contribution in [0.3, 0.4) is 0 Å². The van der Waals surface area contributed by atoms with Crippen LogP contribution in [0.15, 0.2) is 0 Å². The Morgan fingerprint density at radius 1 is 1.43 bits per heavy atom. The molecule has 0 amide bonds. The molecule has 0 saturated heterocycles. The molecule has 5 nitrogen and oxygen atoms in total. The number of nitrogens with zero attached hydrogens (tertiary/aromatic N) is 1. The maximum absolute atomic E-state index is 11.2. The third-order valence-electron chi connectivity index (χ3n) is 1.75. The third kappa shape index (κ3) is 7.25. The van der Waals surface area contributed by atoms with Gasteiger partial charge in [0.1, 0.15) is 0 Å². The van der Waals surface area contributed by atoms with Crippen molar-refractivity contribution in [2.75, 3.05) is 33.0 Å². The maximum atomic E-state index is 11.2. The highest BCUT2D eigenvalue weighted by Gasteiger charge is 2.13. The summed E-state index contributed by atoms with van der Waals surface area (Å²) in [7, 11) is 0.582. The number of aliphatic hydroxyl groups excluding tert-OH is 1. The maximum Gasteiger partial charge on any atom is 0.214 e. The van der Waals surface area contributed by atoms with Crippen molar-refractivity contribution in [2.24, 2.45) is 0 Å². The van der Waals surface area contributed by atoms with Crippen LogP contribution in [0.1, 0.15) is 13.3 Å². The smallest absolute Gasteiger partial charge is 0.214 e. The Balaban J connectivity index is 3.87. The fraction of sp³-hybridized carbons (Fsp3) is 1.00. The zero-order valence-electron chi connectivity index (χ0n) is 9.02. The van der Waals surface area contributed by atoms with E-state index in [2.05, 4.69) is 4.72 Å². The van der Waals surface area contributed by atoms with Crippen LogP contribution < -0.4 is 4.72 Å². The average molecular weight is 224 g/mol. The first-order chi connectivity index (χ1) is 6.37. The van der Waals surface area contributed by atoms with Crippen LogP contribution in [0.25, 0.3) is 0 Å². The van der Waals surface area contributed by atoms with E-state index in [0.717, 1.165) is 13.0 Å². The van der Waals surface area contributed by atoms with E-state index >= 15 is 0 Å². The molecule has 0 aliphatic heterocycles. The van der Waals surface area contributed by atoms with E-state index < -0.39 is 10.0 Å². The van der Waals surface area contributed by atoms with E-state index in [1.165, 1.54) is 0 Å². The second-order valence-corrected chi connectivity index (χ2v) is 5.53. The lowest BCUT2D eigenvalue weighted by molar-refractivity contribution is 0.318. The van der Waals surface area contributed by atoms with Crippen molar-refractivity contribution in [1.82, 2.24) is 9.62 Å². The number of nitrogens with one attached hydrogen (secondary N) is 1. The molecule has 0 radical (unpaired) electrons. The van der Waals surface area contributed by atoms with E-state index in [1.54, 1.807) is 0 Å². The largest absolute Gasteiger partial charge is 0.395 e. The Hall–Kier alpha value is -0.170. The summed E-state index contributed by atoms with van der Waals surface area (Å²) in [5, 5.41) is 8.51. The first kappa shape index (κ1) is 13.8. The Morgan fingerprint density at radius 2 is 2.00 bits per heavy atom. The molecule has 1 unspecified atom stereocenters. The van der Waals surface area contributed by atoms with Gasteiger partial charge in [-0.1, -0.05) is 0 Å². The molecule has 0 heterocycles. The fourth-order valence-corrected chi connectivity index (χ4v) is 2.09. The van der Waals surface area contributed by atoms with Crippen LogP contribution in [0.4, 0.5) is 0 Å². The summed E-state index contributed by atoms with van der Waals surface area (Å²) in [6, 6.07) is -0.0889. The molecule has 0 saturated carbocycles. The minimum atomic E-state index is -3.30. The van der Waals surface area contributed by atoms with Crippen LogP contribution >= 0.6 is 0 Å². The Kier molecular flexibility index (Phi) is 6.26. The lowest BCUT2D eigenvalue weighted by atomic mass is 10.2. The monoisotopic (exact) mass is 224 g/mol. The zero-order chi connectivity index (χ0) is 11.2. The lowest BCUT2D eigenvalue weighted by Crippen LogP contribution is -2.36. The van der Waals surface area contributed by atoms with Gasteiger partial charge in [-0.2, -0.15) is 0 Å². The molecule has 0 spiro atoms. The van der Waals surface area contributed by atoms with E-state index in [0.29, 0.717) is 0 Å². The molecular formula is C8H20N2O3S. The van der Waals surface area contributed by atoms with Crippen molar-refractivity contribution in [3.8, 4) is 0 Å². The van der Waals surface area contributed by atoms with Crippen molar-refractivity contribution in [1.29, 1.82) is 0 Å². The van der Waals surface area contributed by atoms with Gasteiger partial charge in [0.15, 0.2) is 0 Å². The average Bonchev–Trinajstić information content (AvgIpc) is 1.99. The van der Waals surface area contributed by atoms with Gasteiger partial charge in [-0.25, -0.2) is 13.1 Å². The van der Waals surface area contributed by atoms with Gasteiger partial charge in [-0.3, -0.25) is 0 Å². The molecule has 0 aromatic rings. The highest BCUT2D eigenvalue weighted by molar-refractivity contribution is 7.89. The summed E-state index contributed by atoms with van der Waals surface area (Å²) in [4.78, 5) is 2.00. The van der Waals surface area contributed by atoms with Crippen molar-refractivity contribution in [2.45, 2.75) is 19.4 Å². The summed E-state index contributed by atoms with van der Waals surface area (Å²) in [5.41, 5.74) is 0. The fourth-order valence-electron chi connectivity index (χ4n) is 0.996. The second-order valence-electron chi connectivity index (χ2n) is 3.65. The Labute approximate surface area is 86.2 Å². The second kappa shape index (κ2) is 6.34. The minimum Gasteiger partial charge on any atom is -0.395 e. The first-order valence-electron chi connectivity index (χ1n) is 4.63. The van der Waals surface area contributed by atoms with Crippen molar-refractivity contribution in [3.63, 3.8) is 0 Å². The standard InChI is InChI=1S/C8H20N2O3S/c1-8(4-5-10(2)3)9-14(12,13)7-6-11/h8-9,11H,4-7H2,1-3H3. The quantitative estimate of drug-likeness (QED) is 0.596. The van der Waals surface area contributed by atoms with Gasteiger partial charge in [0, 0.05) is 6.04 Å². The summed E-state index contributed by atoms with van der Waals surface area (Å²) < 4.78 is 24.9. The zero-order valence-corrected chi connectivity index (χ0v) is 9.84. The molecule has 6 heteroatoms. The van der Waals surface area contributed by atoms with Gasteiger partial charge in [0.05, 0.1) is 12.4 Å². The van der Waals surface area contributed by atoms with Gasteiger partial charge < -0.3 is 10.0 Å². The number of aliphatic hydroxyl groups is 1. The minimum absolute atomic E-state index is 0.0889. The molecule has 0 aromatic heterocycles. The van der Waals surface area contributed by atoms with Gasteiger partial charge in [0.2, 0.25) is 10.0 Å². The van der Waals surface area contributed by atoms with Crippen molar-refractivity contribution >= 4 is 10.0 Å². The van der Waals surface area contributed by atoms with E-state index in [1.807, 2.05) is 25.9 Å². The van der Waals surface area contributed by atoms with Crippen molar-refractivity contribution < 1.29 is 13.5 Å². The molecule has 0 bridgehead atoms. The molecule has 14 heavy (non-hydrogen) atoms. The van der Waals surface area contributed by atoms with Crippen LogP contribution in [0.5, 0.6) is 0 Å². The number of hydrogen-bond acceptors (Lipinski definition) is 4. The first-order valence-corrected chi connectivity index (χ1v) is 6.28. The molecule has 0 rings (SSSR count). The number of hydrogen-bond donors (Lipinski definition) is 2. The lowest BCUT2D eigenvalue weighted by Gasteiger charge is -2.16. The summed E-state index contributed by atoms with van der Waals surface area (Å²) in [6.07, 6.45) is 0.762. The molecule has 0 fully saturated rings. The Morgan fingerprint density at radius 3 is 2.43 bits per heavy atom. The van der Waals surface area contributed by atoms with Crippen LogP contribution in [-0.4, -0.2) is 57.5 Å². The van der Waals surface area contributed by atoms with Crippen LogP contribution in [0, 0.1) is 0 Å². The highest BCUT2D eigenvalue weighted by atomic mass is 32.2. The van der Waals surface area contributed by atoms with E-state index in [9.17, 15) is 8.42 Å². The highest BCUT2D eigenvalue weighted by Crippen LogP contribution is 1.95. The molecule has 0 aliphatic rings. The third-order valence-corrected chi connectivity index (χ3v) is 3.23. The molecule has 86 valence electrons. The predicted octanol–water partition coefficient (Wildman–Crippen LogP) is -0.762. The van der Waals surface area contributed by atoms with Crippen LogP contribution in [0.2, 0.25) is 0 Å². The van der Waals surface area contributed by atoms with Crippen molar-refractivity contribution in [3.05, 3.63) is 0 Å². The summed E-state index contributed by atoms with van der Waals surface area (Å²) >= 11 is 0. The molecule has 2 N–H and O–H groups in total. The predicted molar refractivity (Wildman–Crippen MR) is 56.6 cm³/mol.